The van der Waals surface area contributed by atoms with Gasteiger partial charge >= 0.3 is 0 Å². The third-order valence-corrected chi connectivity index (χ3v) is 5.78. The van der Waals surface area contributed by atoms with Crippen molar-refractivity contribution in [1.82, 2.24) is 4.72 Å². The zero-order valence-corrected chi connectivity index (χ0v) is 13.1. The standard InChI is InChI=1S/C14H16FNO2S2/c1-14(2,3)16-20(17,18)13-8-7-12(19-13)10-5-4-6-11(15)9-10/h4-9,16H,1-3H3. The predicted octanol–water partition coefficient (Wildman–Crippen LogP) is 3.63. The molecule has 0 aliphatic carbocycles. The molecule has 3 nitrogen and oxygen atoms in total. The maximum Gasteiger partial charge on any atom is 0.250 e. The van der Waals surface area contributed by atoms with E-state index in [4.69, 9.17) is 0 Å². The highest BCUT2D eigenvalue weighted by Crippen LogP contribution is 2.31. The van der Waals surface area contributed by atoms with Crippen LogP contribution in [0.5, 0.6) is 0 Å². The summed E-state index contributed by atoms with van der Waals surface area (Å²) in [5.74, 6) is -0.340. The van der Waals surface area contributed by atoms with Crippen LogP contribution >= 0.6 is 11.3 Å². The third-order valence-electron chi connectivity index (χ3n) is 2.40. The molecule has 0 radical (unpaired) electrons. The van der Waals surface area contributed by atoms with E-state index in [-0.39, 0.29) is 10.0 Å². The lowest BCUT2D eigenvalue weighted by Crippen LogP contribution is -2.40. The summed E-state index contributed by atoms with van der Waals surface area (Å²) in [5, 5.41) is 0. The van der Waals surface area contributed by atoms with Crippen molar-refractivity contribution in [2.45, 2.75) is 30.5 Å². The molecular formula is C14H16FNO2S2. The molecule has 0 fully saturated rings. The molecule has 1 heterocycles. The molecule has 0 atom stereocenters. The largest absolute Gasteiger partial charge is 0.250 e. The molecule has 0 aliphatic heterocycles. The van der Waals surface area contributed by atoms with Crippen molar-refractivity contribution < 1.29 is 12.8 Å². The fraction of sp³-hybridized carbons (Fsp3) is 0.286. The number of benzene rings is 1. The molecular weight excluding hydrogens is 297 g/mol. The Morgan fingerprint density at radius 2 is 1.85 bits per heavy atom. The number of nitrogens with one attached hydrogen (secondary N) is 1. The van der Waals surface area contributed by atoms with Gasteiger partial charge in [0.2, 0.25) is 0 Å². The zero-order valence-electron chi connectivity index (χ0n) is 11.5. The van der Waals surface area contributed by atoms with Crippen LogP contribution in [0.1, 0.15) is 20.8 Å². The summed E-state index contributed by atoms with van der Waals surface area (Å²) in [7, 11) is -3.54. The highest BCUT2D eigenvalue weighted by molar-refractivity contribution is 7.91. The third kappa shape index (κ3) is 3.65. The second-order valence-corrected chi connectivity index (χ2v) is 8.48. The molecule has 0 saturated carbocycles. The van der Waals surface area contributed by atoms with E-state index >= 15 is 0 Å². The lowest BCUT2D eigenvalue weighted by atomic mass is 10.1. The molecule has 0 amide bonds. The first kappa shape index (κ1) is 15.2. The van der Waals surface area contributed by atoms with Crippen molar-refractivity contribution >= 4 is 21.4 Å². The summed E-state index contributed by atoms with van der Waals surface area (Å²) in [4.78, 5) is 0.721. The Labute approximate surface area is 122 Å². The van der Waals surface area contributed by atoms with E-state index in [0.717, 1.165) is 16.2 Å². The monoisotopic (exact) mass is 313 g/mol. The van der Waals surface area contributed by atoms with E-state index in [0.29, 0.717) is 5.56 Å². The van der Waals surface area contributed by atoms with Crippen LogP contribution in [0.4, 0.5) is 4.39 Å². The van der Waals surface area contributed by atoms with Gasteiger partial charge in [-0.15, -0.1) is 11.3 Å². The van der Waals surface area contributed by atoms with Gasteiger partial charge in [0.05, 0.1) is 0 Å². The van der Waals surface area contributed by atoms with Gasteiger partial charge in [0.1, 0.15) is 10.0 Å². The minimum atomic E-state index is -3.54. The molecule has 0 aliphatic rings. The number of sulfonamides is 1. The summed E-state index contributed by atoms with van der Waals surface area (Å²) in [6.45, 7) is 5.35. The van der Waals surface area contributed by atoms with Crippen molar-refractivity contribution in [2.75, 3.05) is 0 Å². The van der Waals surface area contributed by atoms with Gasteiger partial charge in [-0.25, -0.2) is 17.5 Å². The number of hydrogen-bond donors (Lipinski definition) is 1. The Balaban J connectivity index is 2.34. The lowest BCUT2D eigenvalue weighted by molar-refractivity contribution is 0.492. The first-order valence-electron chi connectivity index (χ1n) is 6.07. The molecule has 20 heavy (non-hydrogen) atoms. The van der Waals surface area contributed by atoms with Gasteiger partial charge in [0.25, 0.3) is 10.0 Å². The molecule has 0 spiro atoms. The lowest BCUT2D eigenvalue weighted by Gasteiger charge is -2.19. The fourth-order valence-corrected chi connectivity index (χ4v) is 4.44. The maximum atomic E-state index is 13.2. The quantitative estimate of drug-likeness (QED) is 0.940. The predicted molar refractivity (Wildman–Crippen MR) is 79.8 cm³/mol. The topological polar surface area (TPSA) is 46.2 Å². The Bertz CT molecular complexity index is 715. The smallest absolute Gasteiger partial charge is 0.207 e. The molecule has 108 valence electrons. The van der Waals surface area contributed by atoms with Gasteiger partial charge in [-0.3, -0.25) is 0 Å². The van der Waals surface area contributed by atoms with Crippen molar-refractivity contribution in [3.05, 3.63) is 42.2 Å². The first-order valence-corrected chi connectivity index (χ1v) is 8.37. The summed E-state index contributed by atoms with van der Waals surface area (Å²) in [6, 6.07) is 9.33. The number of rotatable bonds is 3. The van der Waals surface area contributed by atoms with Crippen LogP contribution in [0.15, 0.2) is 40.6 Å². The molecule has 2 rings (SSSR count). The van der Waals surface area contributed by atoms with Crippen molar-refractivity contribution in [1.29, 1.82) is 0 Å². The SMILES string of the molecule is CC(C)(C)NS(=O)(=O)c1ccc(-c2cccc(F)c2)s1. The Morgan fingerprint density at radius 1 is 1.15 bits per heavy atom. The average Bonchev–Trinajstić information content (AvgIpc) is 2.75. The van der Waals surface area contributed by atoms with Gasteiger partial charge in [0.15, 0.2) is 0 Å². The Kier molecular flexibility index (Phi) is 4.00. The molecule has 6 heteroatoms. The summed E-state index contributed by atoms with van der Waals surface area (Å²) < 4.78 is 40.4. The summed E-state index contributed by atoms with van der Waals surface area (Å²) in [6.07, 6.45) is 0. The second kappa shape index (κ2) is 5.27. The molecule has 1 aromatic carbocycles. The van der Waals surface area contributed by atoms with Crippen LogP contribution < -0.4 is 4.72 Å². The van der Waals surface area contributed by atoms with E-state index in [9.17, 15) is 12.8 Å². The Morgan fingerprint density at radius 3 is 2.45 bits per heavy atom. The van der Waals surface area contributed by atoms with Crippen LogP contribution in [0, 0.1) is 5.82 Å². The molecule has 2 aromatic rings. The molecule has 1 N–H and O–H groups in total. The number of hydrogen-bond acceptors (Lipinski definition) is 3. The van der Waals surface area contributed by atoms with Gasteiger partial charge in [-0.05, 0) is 50.6 Å². The normalized spacial score (nSPS) is 12.6. The van der Waals surface area contributed by atoms with E-state index < -0.39 is 15.6 Å². The summed E-state index contributed by atoms with van der Waals surface area (Å²) in [5.41, 5.74) is 0.134. The van der Waals surface area contributed by atoms with E-state index in [2.05, 4.69) is 4.72 Å². The van der Waals surface area contributed by atoms with Crippen molar-refractivity contribution in [3.63, 3.8) is 0 Å². The van der Waals surface area contributed by atoms with Crippen molar-refractivity contribution in [2.24, 2.45) is 0 Å². The molecule has 0 bridgehead atoms. The molecule has 0 unspecified atom stereocenters. The molecule has 1 aromatic heterocycles. The Hall–Kier alpha value is -1.24. The number of halogens is 1. The van der Waals surface area contributed by atoms with Gasteiger partial charge in [-0.2, -0.15) is 0 Å². The minimum absolute atomic E-state index is 0.228. The second-order valence-electron chi connectivity index (χ2n) is 5.48. The van der Waals surface area contributed by atoms with E-state index in [1.807, 2.05) is 0 Å². The van der Waals surface area contributed by atoms with Crippen LogP contribution in [-0.4, -0.2) is 14.0 Å². The van der Waals surface area contributed by atoms with Crippen molar-refractivity contribution in [3.8, 4) is 10.4 Å². The van der Waals surface area contributed by atoms with E-state index in [1.54, 1.807) is 45.0 Å². The first-order chi connectivity index (χ1) is 9.17. The van der Waals surface area contributed by atoms with E-state index in [1.165, 1.54) is 12.1 Å². The van der Waals surface area contributed by atoms with Crippen LogP contribution in [0.3, 0.4) is 0 Å². The summed E-state index contributed by atoms with van der Waals surface area (Å²) >= 11 is 1.13. The zero-order chi connectivity index (χ0) is 15.0. The average molecular weight is 313 g/mol. The maximum absolute atomic E-state index is 13.2. The van der Waals surface area contributed by atoms with Crippen LogP contribution in [0.25, 0.3) is 10.4 Å². The van der Waals surface area contributed by atoms with Crippen LogP contribution in [-0.2, 0) is 10.0 Å². The highest BCUT2D eigenvalue weighted by Gasteiger charge is 2.23. The minimum Gasteiger partial charge on any atom is -0.207 e. The van der Waals surface area contributed by atoms with Crippen LogP contribution in [0.2, 0.25) is 0 Å². The molecule has 0 saturated heterocycles. The number of thiophene rings is 1. The van der Waals surface area contributed by atoms with Gasteiger partial charge < -0.3 is 0 Å². The fourth-order valence-electron chi connectivity index (χ4n) is 1.71. The van der Waals surface area contributed by atoms with Gasteiger partial charge in [0, 0.05) is 10.4 Å². The van der Waals surface area contributed by atoms with Gasteiger partial charge in [-0.1, -0.05) is 12.1 Å². The highest BCUT2D eigenvalue weighted by atomic mass is 32.2.